The number of nitrogen functional groups attached to an aromatic ring is 2. The van der Waals surface area contributed by atoms with Crippen LogP contribution >= 0.6 is 0 Å². The first-order valence-corrected chi connectivity index (χ1v) is 10.1. The fraction of sp³-hybridized carbons (Fsp3) is 0.0435. The highest BCUT2D eigenvalue weighted by atomic mass is 19.1. The number of anilines is 2. The van der Waals surface area contributed by atoms with Crippen LogP contribution in [0.1, 0.15) is 5.56 Å². The van der Waals surface area contributed by atoms with Crippen molar-refractivity contribution < 1.29 is 8.78 Å². The Morgan fingerprint density at radius 3 is 2.38 bits per heavy atom. The van der Waals surface area contributed by atoms with Crippen molar-refractivity contribution in [2.75, 3.05) is 11.5 Å². The standard InChI is InChI=1S/C23H17F2N9/c24-14-9-16-18(33-34(20(16)17(25)10-14)12-13-5-4-8-28-11-13)23-29-21(26)19(22(27)30-23)32-31-15-6-2-1-3-7-15/h1-11H,12H2,(H4,26,27,29,30). The Morgan fingerprint density at radius 2 is 1.68 bits per heavy atom. The zero-order chi connectivity index (χ0) is 23.7. The van der Waals surface area contributed by atoms with Crippen LogP contribution in [-0.4, -0.2) is 24.7 Å². The van der Waals surface area contributed by atoms with E-state index in [0.717, 1.165) is 11.6 Å². The summed E-state index contributed by atoms with van der Waals surface area (Å²) in [5, 5.41) is 12.8. The van der Waals surface area contributed by atoms with Crippen molar-refractivity contribution in [3.63, 3.8) is 0 Å². The first kappa shape index (κ1) is 21.1. The fourth-order valence-electron chi connectivity index (χ4n) is 3.48. The summed E-state index contributed by atoms with van der Waals surface area (Å²) >= 11 is 0. The second kappa shape index (κ2) is 8.62. The average molecular weight is 457 g/mol. The molecule has 0 aliphatic heterocycles. The number of benzene rings is 2. The number of rotatable bonds is 5. The molecule has 34 heavy (non-hydrogen) atoms. The van der Waals surface area contributed by atoms with Crippen molar-refractivity contribution >= 4 is 33.9 Å². The van der Waals surface area contributed by atoms with Gasteiger partial charge >= 0.3 is 0 Å². The molecule has 0 fully saturated rings. The summed E-state index contributed by atoms with van der Waals surface area (Å²) in [7, 11) is 0. The van der Waals surface area contributed by atoms with Gasteiger partial charge in [-0.05, 0) is 29.8 Å². The van der Waals surface area contributed by atoms with Crippen LogP contribution in [0.25, 0.3) is 22.4 Å². The lowest BCUT2D eigenvalue weighted by Gasteiger charge is -2.05. The monoisotopic (exact) mass is 457 g/mol. The Morgan fingerprint density at radius 1 is 0.912 bits per heavy atom. The largest absolute Gasteiger partial charge is 0.382 e. The van der Waals surface area contributed by atoms with Crippen LogP contribution in [0, 0.1) is 11.6 Å². The highest BCUT2D eigenvalue weighted by Crippen LogP contribution is 2.34. The molecule has 5 rings (SSSR count). The van der Waals surface area contributed by atoms with Gasteiger partial charge in [-0.2, -0.15) is 10.2 Å². The highest BCUT2D eigenvalue weighted by molar-refractivity contribution is 5.93. The summed E-state index contributed by atoms with van der Waals surface area (Å²) in [6, 6.07) is 14.5. The number of fused-ring (bicyclic) bond motifs is 1. The van der Waals surface area contributed by atoms with Gasteiger partial charge in [0.2, 0.25) is 0 Å². The minimum atomic E-state index is -0.771. The topological polar surface area (TPSA) is 133 Å². The number of azo groups is 1. The van der Waals surface area contributed by atoms with E-state index in [2.05, 4.69) is 30.3 Å². The van der Waals surface area contributed by atoms with E-state index >= 15 is 0 Å². The summed E-state index contributed by atoms with van der Waals surface area (Å²) in [5.74, 6) is -1.62. The molecule has 0 bridgehead atoms. The van der Waals surface area contributed by atoms with Gasteiger partial charge < -0.3 is 11.5 Å². The van der Waals surface area contributed by atoms with Gasteiger partial charge in [0.1, 0.15) is 17.0 Å². The maximum Gasteiger partial charge on any atom is 0.184 e. The number of nitrogens with zero attached hydrogens (tertiary/aromatic N) is 7. The molecule has 0 radical (unpaired) electrons. The molecule has 5 aromatic rings. The number of aromatic nitrogens is 5. The van der Waals surface area contributed by atoms with E-state index in [1.54, 1.807) is 30.6 Å². The Hall–Kier alpha value is -4.80. The third-order valence-corrected chi connectivity index (χ3v) is 4.99. The fourth-order valence-corrected chi connectivity index (χ4v) is 3.48. The molecule has 168 valence electrons. The number of pyridine rings is 1. The lowest BCUT2D eigenvalue weighted by Crippen LogP contribution is -2.04. The maximum absolute atomic E-state index is 14.8. The van der Waals surface area contributed by atoms with E-state index in [9.17, 15) is 8.78 Å². The third kappa shape index (κ3) is 4.01. The number of halogens is 2. The van der Waals surface area contributed by atoms with E-state index in [1.165, 1.54) is 10.7 Å². The molecule has 4 N–H and O–H groups in total. The molecule has 0 aliphatic rings. The molecule has 3 aromatic heterocycles. The van der Waals surface area contributed by atoms with Crippen molar-refractivity contribution in [1.82, 2.24) is 24.7 Å². The molecule has 0 amide bonds. The van der Waals surface area contributed by atoms with Crippen LogP contribution in [0.2, 0.25) is 0 Å². The molecule has 0 saturated carbocycles. The maximum atomic E-state index is 14.8. The Labute approximate surface area is 191 Å². The van der Waals surface area contributed by atoms with Gasteiger partial charge in [-0.25, -0.2) is 18.7 Å². The molecule has 0 aliphatic carbocycles. The molecule has 3 heterocycles. The van der Waals surface area contributed by atoms with Gasteiger partial charge in [0.05, 0.1) is 12.2 Å². The van der Waals surface area contributed by atoms with Crippen molar-refractivity contribution in [2.24, 2.45) is 10.2 Å². The van der Waals surface area contributed by atoms with Crippen molar-refractivity contribution in [3.8, 4) is 11.5 Å². The normalized spacial score (nSPS) is 11.5. The van der Waals surface area contributed by atoms with Crippen LogP contribution in [0.15, 0.2) is 77.2 Å². The summed E-state index contributed by atoms with van der Waals surface area (Å²) in [6.45, 7) is 0.196. The van der Waals surface area contributed by atoms with Gasteiger partial charge in [-0.1, -0.05) is 24.3 Å². The predicted octanol–water partition coefficient (Wildman–Crippen LogP) is 4.79. The van der Waals surface area contributed by atoms with Crippen LogP contribution in [0.3, 0.4) is 0 Å². The first-order valence-electron chi connectivity index (χ1n) is 10.1. The van der Waals surface area contributed by atoms with Crippen LogP contribution < -0.4 is 11.5 Å². The number of hydrogen-bond acceptors (Lipinski definition) is 8. The lowest BCUT2D eigenvalue weighted by molar-refractivity contribution is 0.582. The van der Waals surface area contributed by atoms with Gasteiger partial charge in [0.15, 0.2) is 29.0 Å². The first-order chi connectivity index (χ1) is 16.5. The van der Waals surface area contributed by atoms with Crippen molar-refractivity contribution in [3.05, 3.63) is 84.2 Å². The van der Waals surface area contributed by atoms with Gasteiger partial charge in [-0.3, -0.25) is 9.67 Å². The summed E-state index contributed by atoms with van der Waals surface area (Å²) < 4.78 is 30.3. The number of hydrogen-bond donors (Lipinski definition) is 2. The predicted molar refractivity (Wildman–Crippen MR) is 123 cm³/mol. The molecule has 11 heteroatoms. The van der Waals surface area contributed by atoms with Gasteiger partial charge in [0.25, 0.3) is 0 Å². The van der Waals surface area contributed by atoms with E-state index in [-0.39, 0.29) is 46.3 Å². The second-order valence-corrected chi connectivity index (χ2v) is 7.35. The average Bonchev–Trinajstić information content (AvgIpc) is 3.18. The Balaban J connectivity index is 1.61. The Bertz CT molecular complexity index is 1490. The zero-order valence-electron chi connectivity index (χ0n) is 17.6. The van der Waals surface area contributed by atoms with E-state index < -0.39 is 11.6 Å². The minimum Gasteiger partial charge on any atom is -0.382 e. The van der Waals surface area contributed by atoms with Gasteiger partial charge in [0, 0.05) is 23.8 Å². The zero-order valence-corrected chi connectivity index (χ0v) is 17.6. The van der Waals surface area contributed by atoms with E-state index in [0.29, 0.717) is 5.69 Å². The third-order valence-electron chi connectivity index (χ3n) is 4.99. The minimum absolute atomic E-state index is 0.00796. The van der Waals surface area contributed by atoms with Crippen molar-refractivity contribution in [2.45, 2.75) is 6.54 Å². The van der Waals surface area contributed by atoms with Crippen LogP contribution in [-0.2, 0) is 6.54 Å². The summed E-state index contributed by atoms with van der Waals surface area (Å²) in [5.41, 5.74) is 13.8. The summed E-state index contributed by atoms with van der Waals surface area (Å²) in [6.07, 6.45) is 3.26. The highest BCUT2D eigenvalue weighted by Gasteiger charge is 2.21. The van der Waals surface area contributed by atoms with E-state index in [4.69, 9.17) is 11.5 Å². The smallest absolute Gasteiger partial charge is 0.184 e. The summed E-state index contributed by atoms with van der Waals surface area (Å²) in [4.78, 5) is 12.6. The van der Waals surface area contributed by atoms with Gasteiger partial charge in [-0.15, -0.1) is 5.11 Å². The molecule has 9 nitrogen and oxygen atoms in total. The molecular formula is C23H17F2N9. The Kier molecular flexibility index (Phi) is 5.34. The molecular weight excluding hydrogens is 440 g/mol. The van der Waals surface area contributed by atoms with Crippen LogP contribution in [0.5, 0.6) is 0 Å². The SMILES string of the molecule is Nc1nc(-c2nn(Cc3cccnc3)c3c(F)cc(F)cc23)nc(N)c1N=Nc1ccccc1. The number of nitrogens with two attached hydrogens (primary N) is 2. The quantitative estimate of drug-likeness (QED) is 0.364. The molecule has 0 atom stereocenters. The second-order valence-electron chi connectivity index (χ2n) is 7.35. The van der Waals surface area contributed by atoms with E-state index in [1.807, 2.05) is 24.3 Å². The van der Waals surface area contributed by atoms with Crippen LogP contribution in [0.4, 0.5) is 31.8 Å². The lowest BCUT2D eigenvalue weighted by atomic mass is 10.2. The van der Waals surface area contributed by atoms with Crippen molar-refractivity contribution in [1.29, 1.82) is 0 Å². The molecule has 0 spiro atoms. The molecule has 2 aromatic carbocycles. The molecule has 0 unspecified atom stereocenters. The molecule has 0 saturated heterocycles.